The molecule has 3 rings (SSSR count). The third-order valence-corrected chi connectivity index (χ3v) is 4.46. The van der Waals surface area contributed by atoms with E-state index in [0.29, 0.717) is 5.75 Å². The molecule has 27 heavy (non-hydrogen) atoms. The molecule has 1 heterocycles. The van der Waals surface area contributed by atoms with E-state index in [1.54, 1.807) is 29.9 Å². The van der Waals surface area contributed by atoms with Crippen molar-refractivity contribution in [3.05, 3.63) is 72.6 Å². The zero-order valence-electron chi connectivity index (χ0n) is 15.4. The monoisotopic (exact) mass is 368 g/mol. The van der Waals surface area contributed by atoms with Gasteiger partial charge >= 0.3 is 0 Å². The van der Waals surface area contributed by atoms with Crippen LogP contribution in [-0.4, -0.2) is 38.7 Å². The molecule has 0 N–H and O–H groups in total. The number of benzene rings is 2. The molecule has 2 atom stereocenters. The zero-order chi connectivity index (χ0) is 19.4. The van der Waals surface area contributed by atoms with Gasteiger partial charge in [0, 0.05) is 7.05 Å². The van der Waals surface area contributed by atoms with Crippen LogP contribution >= 0.6 is 0 Å². The van der Waals surface area contributed by atoms with Crippen LogP contribution in [0.2, 0.25) is 0 Å². The van der Waals surface area contributed by atoms with Gasteiger partial charge in [-0.3, -0.25) is 4.79 Å². The quantitative estimate of drug-likeness (QED) is 0.669. The number of hydrogen-bond donors (Lipinski definition) is 0. The molecule has 0 fully saturated rings. The molecule has 2 aromatic carbocycles. The van der Waals surface area contributed by atoms with Crippen LogP contribution in [0.4, 0.5) is 4.39 Å². The number of carbonyl (C=O) groups excluding carboxylic acids is 1. The molecule has 0 spiro atoms. The number of likely N-dealkylation sites (N-methyl/N-ethyl adjacent to an activating group) is 1. The van der Waals surface area contributed by atoms with Crippen LogP contribution in [0.25, 0.3) is 5.69 Å². The molecule has 0 saturated carbocycles. The maximum atomic E-state index is 13.0. The Morgan fingerprint density at radius 1 is 1.11 bits per heavy atom. The molecular formula is C20H21FN4O2. The highest BCUT2D eigenvalue weighted by molar-refractivity contribution is 5.81. The molecule has 7 heteroatoms. The second-order valence-electron chi connectivity index (χ2n) is 6.27. The number of halogens is 1. The maximum absolute atomic E-state index is 13.0. The van der Waals surface area contributed by atoms with Gasteiger partial charge in [-0.2, -0.15) is 5.10 Å². The minimum atomic E-state index is -0.683. The van der Waals surface area contributed by atoms with Crippen LogP contribution in [0.3, 0.4) is 0 Å². The summed E-state index contributed by atoms with van der Waals surface area (Å²) in [5, 5.41) is 4.09. The predicted octanol–water partition coefficient (Wildman–Crippen LogP) is 3.39. The van der Waals surface area contributed by atoms with E-state index in [1.165, 1.54) is 30.6 Å². The Kier molecular flexibility index (Phi) is 5.49. The number of ether oxygens (including phenoxy) is 1. The Morgan fingerprint density at radius 2 is 1.78 bits per heavy atom. The van der Waals surface area contributed by atoms with E-state index in [9.17, 15) is 9.18 Å². The first-order valence-electron chi connectivity index (χ1n) is 8.59. The number of carbonyl (C=O) groups is 1. The lowest BCUT2D eigenvalue weighted by molar-refractivity contribution is -0.138. The van der Waals surface area contributed by atoms with Crippen LogP contribution in [0.1, 0.15) is 25.5 Å². The van der Waals surface area contributed by atoms with Crippen LogP contribution in [0.5, 0.6) is 5.75 Å². The fourth-order valence-corrected chi connectivity index (χ4v) is 2.72. The minimum Gasteiger partial charge on any atom is -0.481 e. The van der Waals surface area contributed by atoms with E-state index < -0.39 is 6.10 Å². The Balaban J connectivity index is 1.65. The van der Waals surface area contributed by atoms with Crippen molar-refractivity contribution in [1.29, 1.82) is 0 Å². The average molecular weight is 368 g/mol. The summed E-state index contributed by atoms with van der Waals surface area (Å²) in [5.41, 5.74) is 1.88. The number of rotatable bonds is 6. The Morgan fingerprint density at radius 3 is 2.37 bits per heavy atom. The van der Waals surface area contributed by atoms with Gasteiger partial charge in [-0.25, -0.2) is 14.1 Å². The molecule has 3 aromatic rings. The molecule has 2 unspecified atom stereocenters. The fraction of sp³-hybridized carbons (Fsp3) is 0.250. The third-order valence-electron chi connectivity index (χ3n) is 4.46. The van der Waals surface area contributed by atoms with Gasteiger partial charge in [0.15, 0.2) is 6.10 Å². The first-order valence-corrected chi connectivity index (χ1v) is 8.59. The SMILES string of the molecule is CC(Oc1ccc(F)cc1)C(=O)N(C)C(C)c1ccc(-n2cncn2)cc1. The van der Waals surface area contributed by atoms with Crippen molar-refractivity contribution < 1.29 is 13.9 Å². The van der Waals surface area contributed by atoms with Crippen LogP contribution in [0, 0.1) is 5.82 Å². The molecule has 0 saturated heterocycles. The lowest BCUT2D eigenvalue weighted by Crippen LogP contribution is -2.39. The highest BCUT2D eigenvalue weighted by Crippen LogP contribution is 2.22. The summed E-state index contributed by atoms with van der Waals surface area (Å²) in [6, 6.07) is 13.2. The molecule has 6 nitrogen and oxygen atoms in total. The first kappa shape index (κ1) is 18.6. The number of amides is 1. The van der Waals surface area contributed by atoms with E-state index in [0.717, 1.165) is 11.3 Å². The first-order chi connectivity index (χ1) is 13.0. The molecule has 140 valence electrons. The van der Waals surface area contributed by atoms with Crippen molar-refractivity contribution in [1.82, 2.24) is 19.7 Å². The maximum Gasteiger partial charge on any atom is 0.263 e. The van der Waals surface area contributed by atoms with Crippen molar-refractivity contribution in [3.8, 4) is 11.4 Å². The van der Waals surface area contributed by atoms with E-state index >= 15 is 0 Å². The van der Waals surface area contributed by atoms with Crippen molar-refractivity contribution >= 4 is 5.91 Å². The molecule has 0 radical (unpaired) electrons. The molecular weight excluding hydrogens is 347 g/mol. The standard InChI is InChI=1S/C20H21FN4O2/c1-14(16-4-8-18(9-5-16)25-13-22-12-23-25)24(3)20(26)15(2)27-19-10-6-17(21)7-11-19/h4-15H,1-3H3. The van der Waals surface area contributed by atoms with Crippen molar-refractivity contribution in [3.63, 3.8) is 0 Å². The zero-order valence-corrected chi connectivity index (χ0v) is 15.4. The van der Waals surface area contributed by atoms with E-state index in [-0.39, 0.29) is 17.8 Å². The van der Waals surface area contributed by atoms with Crippen molar-refractivity contribution in [2.75, 3.05) is 7.05 Å². The molecule has 1 aromatic heterocycles. The second kappa shape index (κ2) is 7.99. The van der Waals surface area contributed by atoms with Gasteiger partial charge in [0.1, 0.15) is 24.2 Å². The molecule has 0 aliphatic carbocycles. The number of hydrogen-bond acceptors (Lipinski definition) is 4. The van der Waals surface area contributed by atoms with Gasteiger partial charge in [0.25, 0.3) is 5.91 Å². The summed E-state index contributed by atoms with van der Waals surface area (Å²) in [7, 11) is 1.74. The Hall–Kier alpha value is -3.22. The highest BCUT2D eigenvalue weighted by atomic mass is 19.1. The van der Waals surface area contributed by atoms with Gasteiger partial charge in [-0.05, 0) is 55.8 Å². The van der Waals surface area contributed by atoms with Gasteiger partial charge in [-0.15, -0.1) is 0 Å². The summed E-state index contributed by atoms with van der Waals surface area (Å²) in [6.45, 7) is 3.63. The molecule has 0 aliphatic heterocycles. The van der Waals surface area contributed by atoms with E-state index in [1.807, 2.05) is 31.2 Å². The number of nitrogens with zero attached hydrogens (tertiary/aromatic N) is 4. The lowest BCUT2D eigenvalue weighted by Gasteiger charge is -2.28. The largest absolute Gasteiger partial charge is 0.481 e. The van der Waals surface area contributed by atoms with Crippen molar-refractivity contribution in [2.24, 2.45) is 0 Å². The topological polar surface area (TPSA) is 60.2 Å². The van der Waals surface area contributed by atoms with E-state index in [4.69, 9.17) is 4.74 Å². The van der Waals surface area contributed by atoms with Crippen LogP contribution in [0.15, 0.2) is 61.2 Å². The van der Waals surface area contributed by atoms with Crippen LogP contribution in [-0.2, 0) is 4.79 Å². The minimum absolute atomic E-state index is 0.137. The third kappa shape index (κ3) is 4.31. The Bertz CT molecular complexity index is 879. The highest BCUT2D eigenvalue weighted by Gasteiger charge is 2.24. The summed E-state index contributed by atoms with van der Waals surface area (Å²) >= 11 is 0. The summed E-state index contributed by atoms with van der Waals surface area (Å²) < 4.78 is 20.3. The predicted molar refractivity (Wildman–Crippen MR) is 99.0 cm³/mol. The normalized spacial score (nSPS) is 13.0. The fourth-order valence-electron chi connectivity index (χ4n) is 2.72. The van der Waals surface area contributed by atoms with Gasteiger partial charge in [0.05, 0.1) is 11.7 Å². The molecule has 1 amide bonds. The smallest absolute Gasteiger partial charge is 0.263 e. The van der Waals surface area contributed by atoms with Gasteiger partial charge in [-0.1, -0.05) is 12.1 Å². The van der Waals surface area contributed by atoms with Crippen molar-refractivity contribution in [2.45, 2.75) is 26.0 Å². The van der Waals surface area contributed by atoms with Gasteiger partial charge < -0.3 is 9.64 Å². The van der Waals surface area contributed by atoms with Crippen LogP contribution < -0.4 is 4.74 Å². The molecule has 0 bridgehead atoms. The molecule has 0 aliphatic rings. The lowest BCUT2D eigenvalue weighted by atomic mass is 10.1. The van der Waals surface area contributed by atoms with E-state index in [2.05, 4.69) is 10.1 Å². The second-order valence-corrected chi connectivity index (χ2v) is 6.27. The average Bonchev–Trinajstić information content (AvgIpc) is 3.23. The summed E-state index contributed by atoms with van der Waals surface area (Å²) in [5.74, 6) is -0.0518. The number of aromatic nitrogens is 3. The summed E-state index contributed by atoms with van der Waals surface area (Å²) in [6.07, 6.45) is 2.42. The van der Waals surface area contributed by atoms with Gasteiger partial charge in [0.2, 0.25) is 0 Å². The Labute approximate surface area is 157 Å². The summed E-state index contributed by atoms with van der Waals surface area (Å²) in [4.78, 5) is 18.3.